The van der Waals surface area contributed by atoms with E-state index >= 15 is 0 Å². The summed E-state index contributed by atoms with van der Waals surface area (Å²) >= 11 is 0. The molecule has 6 atom stereocenters. The van der Waals surface area contributed by atoms with Crippen molar-refractivity contribution in [3.63, 3.8) is 0 Å². The van der Waals surface area contributed by atoms with Gasteiger partial charge in [0.05, 0.1) is 18.8 Å². The van der Waals surface area contributed by atoms with Crippen LogP contribution in [-0.2, 0) is 9.47 Å². The molecule has 0 unspecified atom stereocenters. The summed E-state index contributed by atoms with van der Waals surface area (Å²) in [5, 5.41) is 26.1. The number of aryl methyl sites for hydroxylation is 2. The zero-order valence-corrected chi connectivity index (χ0v) is 21.5. The fourth-order valence-corrected chi connectivity index (χ4v) is 4.98. The van der Waals surface area contributed by atoms with Crippen LogP contribution in [0.4, 0.5) is 11.4 Å². The highest BCUT2D eigenvalue weighted by Gasteiger charge is 2.39. The molecule has 4 heterocycles. The number of aromatic amines is 2. The van der Waals surface area contributed by atoms with Gasteiger partial charge in [-0.3, -0.25) is 38.3 Å². The van der Waals surface area contributed by atoms with E-state index in [-0.39, 0.29) is 36.3 Å². The van der Waals surface area contributed by atoms with Crippen LogP contribution in [0.25, 0.3) is 0 Å². The van der Waals surface area contributed by atoms with Gasteiger partial charge < -0.3 is 30.3 Å². The summed E-state index contributed by atoms with van der Waals surface area (Å²) in [5.74, 6) is 0. The number of aliphatic hydroxyl groups excluding tert-OH is 2. The molecule has 40 heavy (non-hydrogen) atoms. The average molecular weight is 561 g/mol. The Morgan fingerprint density at radius 1 is 0.850 bits per heavy atom. The molecule has 5 rings (SSSR count). The van der Waals surface area contributed by atoms with Gasteiger partial charge in [0, 0.05) is 42.9 Å². The Balaban J connectivity index is 1.27. The Morgan fingerprint density at radius 3 is 1.95 bits per heavy atom. The molecule has 2 saturated heterocycles. The van der Waals surface area contributed by atoms with E-state index in [2.05, 4.69) is 20.6 Å². The van der Waals surface area contributed by atoms with Crippen molar-refractivity contribution in [2.45, 2.75) is 63.5 Å². The molecule has 2 aliphatic rings. The van der Waals surface area contributed by atoms with Crippen molar-refractivity contribution in [3.8, 4) is 0 Å². The fourth-order valence-electron chi connectivity index (χ4n) is 4.98. The lowest BCUT2D eigenvalue weighted by Crippen LogP contribution is -2.43. The van der Waals surface area contributed by atoms with Crippen molar-refractivity contribution in [2.24, 2.45) is 0 Å². The number of H-pyrrole nitrogens is 2. The van der Waals surface area contributed by atoms with Gasteiger partial charge in [-0.1, -0.05) is 0 Å². The fraction of sp³-hybridized carbons (Fsp3) is 0.500. The number of ether oxygens (including phenoxy) is 2. The number of hydrogen-bond donors (Lipinski definition) is 6. The lowest BCUT2D eigenvalue weighted by molar-refractivity contribution is -0.0262. The summed E-state index contributed by atoms with van der Waals surface area (Å²) in [4.78, 5) is 76.9. The predicted molar refractivity (Wildman–Crippen MR) is 140 cm³/mol. The van der Waals surface area contributed by atoms with Crippen LogP contribution >= 0.6 is 0 Å². The van der Waals surface area contributed by atoms with Gasteiger partial charge in [0.2, 0.25) is 0 Å². The van der Waals surface area contributed by atoms with Gasteiger partial charge in [-0.05, 0) is 13.8 Å². The summed E-state index contributed by atoms with van der Waals surface area (Å²) < 4.78 is 13.9. The second kappa shape index (κ2) is 10.5. The van der Waals surface area contributed by atoms with Gasteiger partial charge in [0.25, 0.3) is 22.0 Å². The van der Waals surface area contributed by atoms with Crippen LogP contribution in [0.2, 0.25) is 0 Å². The molecule has 0 bridgehead atoms. The number of hydrogen-bond acceptors (Lipinski definition) is 12. The first-order chi connectivity index (χ1) is 19.0. The monoisotopic (exact) mass is 560 g/mol. The number of nitrogens with one attached hydrogen (secondary N) is 4. The van der Waals surface area contributed by atoms with E-state index in [0.717, 1.165) is 0 Å². The van der Waals surface area contributed by atoms with E-state index < -0.39 is 76.8 Å². The minimum atomic E-state index is -1.01. The van der Waals surface area contributed by atoms with Gasteiger partial charge >= 0.3 is 11.4 Å². The van der Waals surface area contributed by atoms with Crippen molar-refractivity contribution in [1.29, 1.82) is 0 Å². The largest absolute Gasteiger partial charge is 0.394 e. The molecular formula is C24H28N6O10. The van der Waals surface area contributed by atoms with E-state index in [9.17, 15) is 39.0 Å². The third-order valence-electron chi connectivity index (χ3n) is 7.25. The molecule has 0 amide bonds. The molecule has 214 valence electrons. The molecule has 2 aromatic heterocycles. The van der Waals surface area contributed by atoms with Crippen LogP contribution in [0.1, 0.15) is 36.4 Å². The number of rotatable bonds is 8. The molecule has 6 N–H and O–H groups in total. The SMILES string of the molecule is Cc1cn([C@H]2C[C@@H](O)[C@@H](CNc3c(N[C@@H]4C[C@H](n5cc(C)c(=O)[nH]c5=O)O[C@@H]4CO)c(=O)c3=O)O2)c(=O)[nH]c1=O. The maximum absolute atomic E-state index is 12.4. The molecular weight excluding hydrogens is 532 g/mol. The minimum Gasteiger partial charge on any atom is -0.394 e. The summed E-state index contributed by atoms with van der Waals surface area (Å²) in [7, 11) is 0. The smallest absolute Gasteiger partial charge is 0.330 e. The van der Waals surface area contributed by atoms with Crippen LogP contribution in [0.3, 0.4) is 0 Å². The zero-order valence-electron chi connectivity index (χ0n) is 21.5. The Kier molecular flexibility index (Phi) is 7.17. The highest BCUT2D eigenvalue weighted by atomic mass is 16.5. The molecule has 0 spiro atoms. The molecule has 2 aliphatic heterocycles. The number of nitrogens with zero attached hydrogens (tertiary/aromatic N) is 2. The third-order valence-corrected chi connectivity index (χ3v) is 7.25. The maximum atomic E-state index is 12.4. The van der Waals surface area contributed by atoms with Gasteiger partial charge in [-0.2, -0.15) is 0 Å². The van der Waals surface area contributed by atoms with Crippen LogP contribution in [-0.4, -0.2) is 66.8 Å². The molecule has 0 radical (unpaired) electrons. The standard InChI is InChI=1S/C24H28N6O10/c1-9-6-29(23(37)27-21(9)35)15-3-11(14(8-31)40-15)26-18-17(19(33)20(18)34)25-5-13-12(32)4-16(39-13)30-7-10(2)22(36)28-24(30)38/h6-7,11-16,25-26,31-32H,3-5,8H2,1-2H3,(H,27,35,37)(H,28,36,38)/t11-,12-,13-,14-,15-,16-/m1/s1. The lowest BCUT2D eigenvalue weighted by atomic mass is 10.1. The molecule has 16 heteroatoms. The topological polar surface area (TPSA) is 227 Å². The summed E-state index contributed by atoms with van der Waals surface area (Å²) in [6.45, 7) is 2.53. The third kappa shape index (κ3) is 4.85. The quantitative estimate of drug-likeness (QED) is 0.153. The van der Waals surface area contributed by atoms with Gasteiger partial charge in [-0.25, -0.2) is 9.59 Å². The number of aliphatic hydroxyl groups is 2. The first kappa shape index (κ1) is 27.4. The Morgan fingerprint density at radius 2 is 1.38 bits per heavy atom. The van der Waals surface area contributed by atoms with E-state index in [1.165, 1.54) is 35.4 Å². The molecule has 16 nitrogen and oxygen atoms in total. The minimum absolute atomic E-state index is 0.0424. The van der Waals surface area contributed by atoms with Gasteiger partial charge in [0.1, 0.15) is 36.0 Å². The lowest BCUT2D eigenvalue weighted by Gasteiger charge is -2.23. The Bertz CT molecular complexity index is 1740. The van der Waals surface area contributed by atoms with E-state index in [4.69, 9.17) is 9.47 Å². The van der Waals surface area contributed by atoms with Crippen LogP contribution < -0.4 is 44.0 Å². The summed E-state index contributed by atoms with van der Waals surface area (Å²) in [6.07, 6.45) is -1.53. The van der Waals surface area contributed by atoms with Crippen molar-refractivity contribution in [3.05, 3.63) is 85.6 Å². The van der Waals surface area contributed by atoms with Crippen LogP contribution in [0.15, 0.2) is 41.2 Å². The van der Waals surface area contributed by atoms with Gasteiger partial charge in [0.15, 0.2) is 0 Å². The number of aromatic nitrogens is 4. The van der Waals surface area contributed by atoms with E-state index in [1.807, 2.05) is 0 Å². The van der Waals surface area contributed by atoms with Crippen molar-refractivity contribution in [1.82, 2.24) is 19.1 Å². The van der Waals surface area contributed by atoms with E-state index in [0.29, 0.717) is 5.56 Å². The zero-order chi connectivity index (χ0) is 28.9. The summed E-state index contributed by atoms with van der Waals surface area (Å²) in [5.41, 5.74) is -3.53. The Labute approximate surface area is 223 Å². The van der Waals surface area contributed by atoms with Crippen LogP contribution in [0.5, 0.6) is 0 Å². The average Bonchev–Trinajstić information content (AvgIpc) is 3.50. The first-order valence-corrected chi connectivity index (χ1v) is 12.6. The van der Waals surface area contributed by atoms with Crippen LogP contribution in [0, 0.1) is 13.8 Å². The van der Waals surface area contributed by atoms with Crippen molar-refractivity contribution < 1.29 is 19.7 Å². The molecule has 0 saturated carbocycles. The molecule has 3 aromatic rings. The van der Waals surface area contributed by atoms with Crippen molar-refractivity contribution >= 4 is 11.4 Å². The predicted octanol–water partition coefficient (Wildman–Crippen LogP) is -2.88. The molecule has 0 aliphatic carbocycles. The first-order valence-electron chi connectivity index (χ1n) is 12.6. The maximum Gasteiger partial charge on any atom is 0.330 e. The van der Waals surface area contributed by atoms with Crippen molar-refractivity contribution in [2.75, 3.05) is 23.8 Å². The normalized spacial score (nSPS) is 26.4. The molecule has 1 aromatic carbocycles. The van der Waals surface area contributed by atoms with Gasteiger partial charge in [-0.15, -0.1) is 0 Å². The summed E-state index contributed by atoms with van der Waals surface area (Å²) in [6, 6.07) is -0.661. The highest BCUT2D eigenvalue weighted by molar-refractivity contribution is 5.74. The molecule has 2 fully saturated rings. The van der Waals surface area contributed by atoms with E-state index in [1.54, 1.807) is 0 Å². The Hall–Kier alpha value is -4.12. The highest BCUT2D eigenvalue weighted by Crippen LogP contribution is 2.32. The second-order valence-corrected chi connectivity index (χ2v) is 9.98. The second-order valence-electron chi connectivity index (χ2n) is 9.98. The number of anilines is 2.